The van der Waals surface area contributed by atoms with Gasteiger partial charge in [-0.25, -0.2) is 0 Å². The quantitative estimate of drug-likeness (QED) is 0.490. The van der Waals surface area contributed by atoms with Gasteiger partial charge >= 0.3 is 0 Å². The topological polar surface area (TPSA) is 50.1 Å². The predicted molar refractivity (Wildman–Crippen MR) is 58.9 cm³/mol. The summed E-state index contributed by atoms with van der Waals surface area (Å²) >= 11 is 0. The maximum atomic E-state index is 5.63. The van der Waals surface area contributed by atoms with Crippen LogP contribution in [-0.4, -0.2) is 31.7 Å². The lowest BCUT2D eigenvalue weighted by molar-refractivity contribution is 0.480. The third kappa shape index (κ3) is 9.80. The number of rotatable bonds is 8. The zero-order chi connectivity index (χ0) is 10.1. The minimum Gasteiger partial charge on any atom is -0.327 e. The Hall–Kier alpha value is -0.120. The molecule has 0 amide bonds. The zero-order valence-electron chi connectivity index (χ0n) is 9.27. The Morgan fingerprint density at radius 3 is 2.46 bits per heavy atom. The molecule has 0 aliphatic rings. The zero-order valence-corrected chi connectivity index (χ0v) is 9.27. The van der Waals surface area contributed by atoms with Crippen LogP contribution in [0.15, 0.2) is 0 Å². The van der Waals surface area contributed by atoms with E-state index in [1.54, 1.807) is 0 Å². The third-order valence-electron chi connectivity index (χ3n) is 1.95. The van der Waals surface area contributed by atoms with E-state index in [-0.39, 0.29) is 6.04 Å². The van der Waals surface area contributed by atoms with Crippen LogP contribution in [0.1, 0.15) is 33.6 Å². The SMILES string of the molecule is CCCCNCC(C)NCC(C)N. The Kier molecular flexibility index (Phi) is 8.40. The highest BCUT2D eigenvalue weighted by Gasteiger charge is 2.00. The Morgan fingerprint density at radius 1 is 1.23 bits per heavy atom. The van der Waals surface area contributed by atoms with E-state index in [0.29, 0.717) is 6.04 Å². The van der Waals surface area contributed by atoms with Gasteiger partial charge in [-0.15, -0.1) is 0 Å². The third-order valence-corrected chi connectivity index (χ3v) is 1.95. The second-order valence-electron chi connectivity index (χ2n) is 3.84. The molecule has 0 aromatic carbocycles. The molecule has 2 unspecified atom stereocenters. The first-order valence-electron chi connectivity index (χ1n) is 5.36. The summed E-state index contributed by atoms with van der Waals surface area (Å²) in [5.41, 5.74) is 5.63. The smallest absolute Gasteiger partial charge is 0.0164 e. The van der Waals surface area contributed by atoms with Crippen molar-refractivity contribution in [3.8, 4) is 0 Å². The number of hydrogen-bond donors (Lipinski definition) is 3. The molecular weight excluding hydrogens is 162 g/mol. The van der Waals surface area contributed by atoms with Crippen LogP contribution in [0.25, 0.3) is 0 Å². The van der Waals surface area contributed by atoms with Gasteiger partial charge in [-0.2, -0.15) is 0 Å². The van der Waals surface area contributed by atoms with Gasteiger partial charge in [-0.1, -0.05) is 13.3 Å². The van der Waals surface area contributed by atoms with E-state index in [1.807, 2.05) is 6.92 Å². The van der Waals surface area contributed by atoms with Crippen molar-refractivity contribution in [1.29, 1.82) is 0 Å². The number of unbranched alkanes of at least 4 members (excludes halogenated alkanes) is 1. The average Bonchev–Trinajstić information content (AvgIpc) is 2.09. The standard InChI is InChI=1S/C10H25N3/c1-4-5-6-12-8-10(3)13-7-9(2)11/h9-10,12-13H,4-8,11H2,1-3H3. The molecule has 0 spiro atoms. The first kappa shape index (κ1) is 12.9. The van der Waals surface area contributed by atoms with E-state index in [9.17, 15) is 0 Å². The van der Waals surface area contributed by atoms with Crippen LogP contribution >= 0.6 is 0 Å². The van der Waals surface area contributed by atoms with E-state index in [2.05, 4.69) is 24.5 Å². The molecule has 0 fully saturated rings. The Balaban J connectivity index is 3.15. The number of hydrogen-bond acceptors (Lipinski definition) is 3. The second-order valence-corrected chi connectivity index (χ2v) is 3.84. The number of nitrogens with one attached hydrogen (secondary N) is 2. The van der Waals surface area contributed by atoms with Crippen LogP contribution in [0.4, 0.5) is 0 Å². The fourth-order valence-corrected chi connectivity index (χ4v) is 1.08. The summed E-state index contributed by atoms with van der Waals surface area (Å²) in [6.45, 7) is 9.47. The lowest BCUT2D eigenvalue weighted by Crippen LogP contribution is -2.41. The summed E-state index contributed by atoms with van der Waals surface area (Å²) in [7, 11) is 0. The lowest BCUT2D eigenvalue weighted by Gasteiger charge is -2.15. The highest BCUT2D eigenvalue weighted by molar-refractivity contribution is 4.66. The van der Waals surface area contributed by atoms with Gasteiger partial charge in [-0.3, -0.25) is 0 Å². The molecule has 0 aliphatic heterocycles. The maximum Gasteiger partial charge on any atom is 0.0164 e. The molecule has 0 bridgehead atoms. The van der Waals surface area contributed by atoms with Gasteiger partial charge in [0.1, 0.15) is 0 Å². The van der Waals surface area contributed by atoms with Crippen molar-refractivity contribution >= 4 is 0 Å². The molecule has 0 saturated carbocycles. The molecule has 80 valence electrons. The van der Waals surface area contributed by atoms with Gasteiger partial charge in [0.05, 0.1) is 0 Å². The van der Waals surface area contributed by atoms with Crippen molar-refractivity contribution in [2.24, 2.45) is 5.73 Å². The van der Waals surface area contributed by atoms with Crippen LogP contribution in [0.2, 0.25) is 0 Å². The minimum atomic E-state index is 0.248. The molecule has 2 atom stereocenters. The fraction of sp³-hybridized carbons (Fsp3) is 1.00. The van der Waals surface area contributed by atoms with Crippen LogP contribution < -0.4 is 16.4 Å². The van der Waals surface area contributed by atoms with Crippen LogP contribution in [0.3, 0.4) is 0 Å². The van der Waals surface area contributed by atoms with E-state index >= 15 is 0 Å². The molecule has 13 heavy (non-hydrogen) atoms. The van der Waals surface area contributed by atoms with Crippen molar-refractivity contribution in [1.82, 2.24) is 10.6 Å². The Bertz CT molecular complexity index is 104. The van der Waals surface area contributed by atoms with Gasteiger partial charge in [0, 0.05) is 25.2 Å². The van der Waals surface area contributed by atoms with Gasteiger partial charge < -0.3 is 16.4 Å². The number of nitrogens with two attached hydrogens (primary N) is 1. The van der Waals surface area contributed by atoms with Gasteiger partial charge in [0.25, 0.3) is 0 Å². The van der Waals surface area contributed by atoms with Crippen molar-refractivity contribution in [3.05, 3.63) is 0 Å². The summed E-state index contributed by atoms with van der Waals surface area (Å²) in [5, 5.41) is 6.78. The molecule has 0 radical (unpaired) electrons. The minimum absolute atomic E-state index is 0.248. The summed E-state index contributed by atoms with van der Waals surface area (Å²) in [6, 6.07) is 0.765. The van der Waals surface area contributed by atoms with E-state index in [1.165, 1.54) is 12.8 Å². The molecule has 3 nitrogen and oxygen atoms in total. The molecule has 0 aromatic heterocycles. The highest BCUT2D eigenvalue weighted by atomic mass is 15.0. The Morgan fingerprint density at radius 2 is 1.92 bits per heavy atom. The van der Waals surface area contributed by atoms with E-state index in [0.717, 1.165) is 19.6 Å². The summed E-state index contributed by atoms with van der Waals surface area (Å²) in [6.07, 6.45) is 2.52. The molecule has 0 rings (SSSR count). The molecule has 0 heterocycles. The van der Waals surface area contributed by atoms with Crippen LogP contribution in [-0.2, 0) is 0 Å². The molecule has 4 N–H and O–H groups in total. The van der Waals surface area contributed by atoms with E-state index in [4.69, 9.17) is 5.73 Å². The Labute approximate surface area is 82.5 Å². The summed E-state index contributed by atoms with van der Waals surface area (Å²) < 4.78 is 0. The normalized spacial score (nSPS) is 15.7. The largest absolute Gasteiger partial charge is 0.327 e. The van der Waals surface area contributed by atoms with Gasteiger partial charge in [0.15, 0.2) is 0 Å². The molecule has 0 aliphatic carbocycles. The summed E-state index contributed by atoms with van der Waals surface area (Å²) in [4.78, 5) is 0. The average molecular weight is 187 g/mol. The fourth-order valence-electron chi connectivity index (χ4n) is 1.08. The molecule has 3 heteroatoms. The molecule has 0 aromatic rings. The predicted octanol–water partition coefficient (Wildman–Crippen LogP) is 0.701. The molecule has 0 saturated heterocycles. The van der Waals surface area contributed by atoms with Crippen molar-refractivity contribution in [2.45, 2.75) is 45.7 Å². The summed E-state index contributed by atoms with van der Waals surface area (Å²) in [5.74, 6) is 0. The van der Waals surface area contributed by atoms with Crippen LogP contribution in [0, 0.1) is 0 Å². The lowest BCUT2D eigenvalue weighted by atomic mass is 10.3. The van der Waals surface area contributed by atoms with Gasteiger partial charge in [-0.05, 0) is 26.8 Å². The highest BCUT2D eigenvalue weighted by Crippen LogP contribution is 1.84. The van der Waals surface area contributed by atoms with Crippen molar-refractivity contribution in [2.75, 3.05) is 19.6 Å². The monoisotopic (exact) mass is 187 g/mol. The molecular formula is C10H25N3. The van der Waals surface area contributed by atoms with Gasteiger partial charge in [0.2, 0.25) is 0 Å². The second kappa shape index (κ2) is 8.48. The van der Waals surface area contributed by atoms with Crippen LogP contribution in [0.5, 0.6) is 0 Å². The first-order valence-corrected chi connectivity index (χ1v) is 5.36. The van der Waals surface area contributed by atoms with Crippen molar-refractivity contribution in [3.63, 3.8) is 0 Å². The maximum absolute atomic E-state index is 5.63. The van der Waals surface area contributed by atoms with Crippen molar-refractivity contribution < 1.29 is 0 Å². The first-order chi connectivity index (χ1) is 6.16. The van der Waals surface area contributed by atoms with E-state index < -0.39 is 0 Å².